The Morgan fingerprint density at radius 1 is 1.29 bits per heavy atom. The molecule has 2 unspecified atom stereocenters. The van der Waals surface area contributed by atoms with E-state index in [1.54, 1.807) is 0 Å². The summed E-state index contributed by atoms with van der Waals surface area (Å²) >= 11 is 8.18. The fourth-order valence-electron chi connectivity index (χ4n) is 2.32. The Morgan fingerprint density at radius 2 is 2.00 bits per heavy atom. The van der Waals surface area contributed by atoms with Crippen LogP contribution < -0.4 is 4.74 Å². The SMILES string of the molecule is CSC(C)Cn1c(C(C)Cl)nc2c(OC(C)C)cccc21. The minimum atomic E-state index is -0.127. The van der Waals surface area contributed by atoms with Crippen molar-refractivity contribution >= 4 is 34.4 Å². The molecule has 0 aliphatic rings. The highest BCUT2D eigenvalue weighted by molar-refractivity contribution is 7.99. The van der Waals surface area contributed by atoms with Gasteiger partial charge in [-0.05, 0) is 39.2 Å². The molecule has 116 valence electrons. The number of thioether (sulfide) groups is 1. The topological polar surface area (TPSA) is 27.1 Å². The number of hydrogen-bond donors (Lipinski definition) is 0. The van der Waals surface area contributed by atoms with Crippen molar-refractivity contribution in [3.63, 3.8) is 0 Å². The third-order valence-corrected chi connectivity index (χ3v) is 4.48. The number of benzene rings is 1. The number of aromatic nitrogens is 2. The van der Waals surface area contributed by atoms with E-state index in [9.17, 15) is 0 Å². The summed E-state index contributed by atoms with van der Waals surface area (Å²) < 4.78 is 8.11. The van der Waals surface area contributed by atoms with Gasteiger partial charge in [0.1, 0.15) is 17.1 Å². The molecule has 1 aromatic heterocycles. The number of rotatable bonds is 6. The average molecular weight is 327 g/mol. The molecule has 0 aliphatic carbocycles. The van der Waals surface area contributed by atoms with Gasteiger partial charge in [0.2, 0.25) is 0 Å². The summed E-state index contributed by atoms with van der Waals surface area (Å²) in [5, 5.41) is 0.379. The van der Waals surface area contributed by atoms with Gasteiger partial charge in [0.15, 0.2) is 0 Å². The summed E-state index contributed by atoms with van der Waals surface area (Å²) in [5.41, 5.74) is 2.00. The van der Waals surface area contributed by atoms with Gasteiger partial charge in [0.05, 0.1) is 17.0 Å². The second-order valence-electron chi connectivity index (χ2n) is 5.53. The van der Waals surface area contributed by atoms with Gasteiger partial charge in [-0.1, -0.05) is 13.0 Å². The smallest absolute Gasteiger partial charge is 0.147 e. The van der Waals surface area contributed by atoms with E-state index in [4.69, 9.17) is 21.3 Å². The number of imidazole rings is 1. The third-order valence-electron chi connectivity index (χ3n) is 3.33. The Labute approximate surface area is 136 Å². The molecule has 2 rings (SSSR count). The lowest BCUT2D eigenvalue weighted by molar-refractivity contribution is 0.245. The second kappa shape index (κ2) is 6.93. The number of ether oxygens (including phenoxy) is 1. The Morgan fingerprint density at radius 3 is 2.57 bits per heavy atom. The van der Waals surface area contributed by atoms with Gasteiger partial charge in [-0.15, -0.1) is 11.6 Å². The van der Waals surface area contributed by atoms with Crippen molar-refractivity contribution in [2.45, 2.75) is 51.0 Å². The van der Waals surface area contributed by atoms with Crippen LogP contribution in [0, 0.1) is 0 Å². The van der Waals surface area contributed by atoms with Crippen molar-refractivity contribution < 1.29 is 4.74 Å². The predicted molar refractivity (Wildman–Crippen MR) is 92.7 cm³/mol. The fraction of sp³-hybridized carbons (Fsp3) is 0.562. The quantitative estimate of drug-likeness (QED) is 0.708. The molecule has 0 radical (unpaired) electrons. The summed E-state index contributed by atoms with van der Waals surface area (Å²) in [5.74, 6) is 1.74. The van der Waals surface area contributed by atoms with Crippen LogP contribution in [0.25, 0.3) is 11.0 Å². The number of fused-ring (bicyclic) bond motifs is 1. The highest BCUT2D eigenvalue weighted by Crippen LogP contribution is 2.31. The summed E-state index contributed by atoms with van der Waals surface area (Å²) in [6.45, 7) is 9.13. The first kappa shape index (κ1) is 16.5. The first-order valence-corrected chi connectivity index (χ1v) is 8.99. The first-order valence-electron chi connectivity index (χ1n) is 7.26. The van der Waals surface area contributed by atoms with Gasteiger partial charge in [0, 0.05) is 11.8 Å². The zero-order valence-corrected chi connectivity index (χ0v) is 14.8. The largest absolute Gasteiger partial charge is 0.489 e. The molecule has 0 aliphatic heterocycles. The zero-order valence-electron chi connectivity index (χ0n) is 13.3. The highest BCUT2D eigenvalue weighted by atomic mass is 35.5. The number of alkyl halides is 1. The lowest BCUT2D eigenvalue weighted by Crippen LogP contribution is -2.12. The Hall–Kier alpha value is -0.870. The van der Waals surface area contributed by atoms with E-state index in [0.717, 1.165) is 29.2 Å². The maximum Gasteiger partial charge on any atom is 0.147 e. The van der Waals surface area contributed by atoms with Gasteiger partial charge < -0.3 is 9.30 Å². The highest BCUT2D eigenvalue weighted by Gasteiger charge is 2.19. The van der Waals surface area contributed by atoms with Gasteiger partial charge in [-0.3, -0.25) is 0 Å². The number of halogens is 1. The van der Waals surface area contributed by atoms with Gasteiger partial charge in [-0.2, -0.15) is 11.8 Å². The van der Waals surface area contributed by atoms with Crippen molar-refractivity contribution in [3.8, 4) is 5.75 Å². The van der Waals surface area contributed by atoms with E-state index in [-0.39, 0.29) is 11.5 Å². The summed E-state index contributed by atoms with van der Waals surface area (Å²) in [7, 11) is 0. The van der Waals surface area contributed by atoms with Gasteiger partial charge in [-0.25, -0.2) is 4.98 Å². The normalized spacial score (nSPS) is 14.6. The van der Waals surface area contributed by atoms with E-state index in [2.05, 4.69) is 23.8 Å². The van der Waals surface area contributed by atoms with Crippen LogP contribution in [0.15, 0.2) is 18.2 Å². The molecule has 1 aromatic carbocycles. The van der Waals surface area contributed by atoms with Crippen LogP contribution in [0.4, 0.5) is 0 Å². The van der Waals surface area contributed by atoms with Crippen molar-refractivity contribution in [2.75, 3.05) is 6.26 Å². The van der Waals surface area contributed by atoms with Crippen molar-refractivity contribution in [1.82, 2.24) is 9.55 Å². The molecule has 2 atom stereocenters. The molecule has 0 bridgehead atoms. The summed E-state index contributed by atoms with van der Waals surface area (Å²) in [6.07, 6.45) is 2.25. The molecule has 3 nitrogen and oxygen atoms in total. The van der Waals surface area contributed by atoms with Crippen molar-refractivity contribution in [1.29, 1.82) is 0 Å². The summed E-state index contributed by atoms with van der Waals surface area (Å²) in [4.78, 5) is 4.75. The average Bonchev–Trinajstić information content (AvgIpc) is 2.78. The fourth-order valence-corrected chi connectivity index (χ4v) is 2.78. The molecular formula is C16H23ClN2OS. The molecule has 5 heteroatoms. The summed E-state index contributed by atoms with van der Waals surface area (Å²) in [6, 6.07) is 6.08. The van der Waals surface area contributed by atoms with E-state index < -0.39 is 0 Å². The molecular weight excluding hydrogens is 304 g/mol. The van der Waals surface area contributed by atoms with Gasteiger partial charge in [0.25, 0.3) is 0 Å². The molecule has 0 saturated carbocycles. The van der Waals surface area contributed by atoms with E-state index >= 15 is 0 Å². The van der Waals surface area contributed by atoms with Crippen LogP contribution >= 0.6 is 23.4 Å². The standard InChI is InChI=1S/C16H23ClN2OS/c1-10(2)20-14-8-6-7-13-15(14)18-16(12(4)17)19(13)9-11(3)21-5/h6-8,10-12H,9H2,1-5H3. The van der Waals surface area contributed by atoms with Crippen LogP contribution in [-0.4, -0.2) is 27.2 Å². The van der Waals surface area contributed by atoms with E-state index in [0.29, 0.717) is 5.25 Å². The predicted octanol–water partition coefficient (Wildman–Crippen LogP) is 4.87. The van der Waals surface area contributed by atoms with Crippen LogP contribution in [0.5, 0.6) is 5.75 Å². The molecule has 0 spiro atoms. The number of hydrogen-bond acceptors (Lipinski definition) is 3. The second-order valence-corrected chi connectivity index (χ2v) is 7.46. The maximum atomic E-state index is 6.33. The maximum absolute atomic E-state index is 6.33. The molecule has 0 N–H and O–H groups in total. The van der Waals surface area contributed by atoms with E-state index in [1.165, 1.54) is 0 Å². The Balaban J connectivity index is 2.56. The zero-order chi connectivity index (χ0) is 15.6. The van der Waals surface area contributed by atoms with Gasteiger partial charge >= 0.3 is 0 Å². The minimum Gasteiger partial charge on any atom is -0.489 e. The third kappa shape index (κ3) is 3.67. The lowest BCUT2D eigenvalue weighted by atomic mass is 10.3. The van der Waals surface area contributed by atoms with Crippen LogP contribution in [-0.2, 0) is 6.54 Å². The monoisotopic (exact) mass is 326 g/mol. The van der Waals surface area contributed by atoms with Crippen molar-refractivity contribution in [3.05, 3.63) is 24.0 Å². The Kier molecular flexibility index (Phi) is 5.44. The molecule has 1 heterocycles. The molecule has 21 heavy (non-hydrogen) atoms. The Bertz CT molecular complexity index is 610. The molecule has 0 amide bonds. The molecule has 0 fully saturated rings. The van der Waals surface area contributed by atoms with Crippen molar-refractivity contribution in [2.24, 2.45) is 0 Å². The number of nitrogens with zero attached hydrogens (tertiary/aromatic N) is 2. The molecule has 2 aromatic rings. The van der Waals surface area contributed by atoms with Crippen LogP contribution in [0.2, 0.25) is 0 Å². The lowest BCUT2D eigenvalue weighted by Gasteiger charge is -2.14. The first-order chi connectivity index (χ1) is 9.93. The van der Waals surface area contributed by atoms with E-state index in [1.807, 2.05) is 44.7 Å². The minimum absolute atomic E-state index is 0.127. The number of para-hydroxylation sites is 1. The van der Waals surface area contributed by atoms with Crippen LogP contribution in [0.1, 0.15) is 38.9 Å². The molecule has 0 saturated heterocycles. The van der Waals surface area contributed by atoms with Crippen LogP contribution in [0.3, 0.4) is 0 Å².